The molecule has 124 valence electrons. The van der Waals surface area contributed by atoms with Gasteiger partial charge in [-0.25, -0.2) is 14.2 Å². The minimum Gasteiger partial charge on any atom is -0.454 e. The van der Waals surface area contributed by atoms with E-state index in [4.69, 9.17) is 16.3 Å². The zero-order valence-electron chi connectivity index (χ0n) is 12.5. The fourth-order valence-electron chi connectivity index (χ4n) is 1.81. The van der Waals surface area contributed by atoms with Gasteiger partial charge in [-0.15, -0.1) is 0 Å². The zero-order valence-corrected chi connectivity index (χ0v) is 13.3. The van der Waals surface area contributed by atoms with E-state index in [2.05, 4.69) is 10.3 Å². The number of ketones is 1. The highest BCUT2D eigenvalue weighted by molar-refractivity contribution is 6.29. The van der Waals surface area contributed by atoms with E-state index in [1.807, 2.05) is 0 Å². The third-order valence-electron chi connectivity index (χ3n) is 2.89. The molecule has 0 spiro atoms. The number of halogens is 2. The number of carbonyl (C=O) groups excluding carboxylic acids is 3. The van der Waals surface area contributed by atoms with Gasteiger partial charge in [-0.3, -0.25) is 9.59 Å². The minimum absolute atomic E-state index is 0.119. The largest absolute Gasteiger partial charge is 0.454 e. The van der Waals surface area contributed by atoms with Gasteiger partial charge in [0.05, 0.1) is 11.1 Å². The molecule has 0 saturated heterocycles. The van der Waals surface area contributed by atoms with Crippen molar-refractivity contribution >= 4 is 34.9 Å². The molecule has 1 N–H and O–H groups in total. The lowest BCUT2D eigenvalue weighted by Gasteiger charge is -2.07. The van der Waals surface area contributed by atoms with E-state index < -0.39 is 24.2 Å². The molecule has 24 heavy (non-hydrogen) atoms. The maximum Gasteiger partial charge on any atom is 0.340 e. The van der Waals surface area contributed by atoms with Gasteiger partial charge in [0.1, 0.15) is 11.0 Å². The van der Waals surface area contributed by atoms with Gasteiger partial charge in [-0.1, -0.05) is 11.6 Å². The summed E-state index contributed by atoms with van der Waals surface area (Å²) in [6.07, 6.45) is 1.21. The number of ether oxygens (including phenoxy) is 1. The molecule has 2 aromatic rings. The molecule has 2 rings (SSSR count). The summed E-state index contributed by atoms with van der Waals surface area (Å²) in [6, 6.07) is 6.40. The average Bonchev–Trinajstić information content (AvgIpc) is 2.52. The molecule has 6 nitrogen and oxygen atoms in total. The summed E-state index contributed by atoms with van der Waals surface area (Å²) in [7, 11) is 0. The molecule has 0 aliphatic carbocycles. The maximum absolute atomic E-state index is 13.9. The number of amides is 1. The average molecular weight is 351 g/mol. The summed E-state index contributed by atoms with van der Waals surface area (Å²) in [4.78, 5) is 38.3. The molecule has 0 bridgehead atoms. The Labute approximate surface area is 141 Å². The van der Waals surface area contributed by atoms with Crippen LogP contribution in [0.15, 0.2) is 36.5 Å². The van der Waals surface area contributed by atoms with Crippen LogP contribution in [0.3, 0.4) is 0 Å². The lowest BCUT2D eigenvalue weighted by molar-refractivity contribution is -0.114. The summed E-state index contributed by atoms with van der Waals surface area (Å²) in [6.45, 7) is 0.653. The van der Waals surface area contributed by atoms with Gasteiger partial charge in [0.25, 0.3) is 0 Å². The number of pyridine rings is 1. The summed E-state index contributed by atoms with van der Waals surface area (Å²) in [5.41, 5.74) is 0.0978. The van der Waals surface area contributed by atoms with E-state index in [0.717, 1.165) is 6.07 Å². The number of esters is 1. The van der Waals surface area contributed by atoms with Crippen molar-refractivity contribution in [2.24, 2.45) is 0 Å². The molecule has 0 unspecified atom stereocenters. The summed E-state index contributed by atoms with van der Waals surface area (Å²) in [5.74, 6) is -2.67. The Kier molecular flexibility index (Phi) is 5.59. The van der Waals surface area contributed by atoms with Crippen LogP contribution in [0.25, 0.3) is 0 Å². The van der Waals surface area contributed by atoms with Crippen LogP contribution < -0.4 is 5.32 Å². The Balaban J connectivity index is 2.00. The molecular weight excluding hydrogens is 339 g/mol. The quantitative estimate of drug-likeness (QED) is 0.509. The maximum atomic E-state index is 13.9. The standard InChI is InChI=1S/C16H12ClFN2O4/c1-9(21)20-11-3-4-12(13(18)6-11)14(22)8-24-16(23)10-2-5-15(17)19-7-10/h2-7H,8H2,1H3,(H,20,21). The number of anilines is 1. The van der Waals surface area contributed by atoms with Crippen LogP contribution in [0.2, 0.25) is 5.15 Å². The number of nitrogens with zero attached hydrogens (tertiary/aromatic N) is 1. The summed E-state index contributed by atoms with van der Waals surface area (Å²) >= 11 is 5.60. The fraction of sp³-hybridized carbons (Fsp3) is 0.125. The number of nitrogens with one attached hydrogen (secondary N) is 1. The Morgan fingerprint density at radius 2 is 2.00 bits per heavy atom. The SMILES string of the molecule is CC(=O)Nc1ccc(C(=O)COC(=O)c2ccc(Cl)nc2)c(F)c1. The number of aromatic nitrogens is 1. The van der Waals surface area contributed by atoms with E-state index >= 15 is 0 Å². The van der Waals surface area contributed by atoms with Crippen LogP contribution in [-0.4, -0.2) is 29.3 Å². The van der Waals surface area contributed by atoms with E-state index in [1.165, 1.54) is 37.4 Å². The third-order valence-corrected chi connectivity index (χ3v) is 3.11. The first-order chi connectivity index (χ1) is 11.4. The normalized spacial score (nSPS) is 10.1. The number of rotatable bonds is 5. The Morgan fingerprint density at radius 3 is 2.58 bits per heavy atom. The monoisotopic (exact) mass is 350 g/mol. The number of benzene rings is 1. The minimum atomic E-state index is -0.824. The van der Waals surface area contributed by atoms with Crippen LogP contribution in [0.5, 0.6) is 0 Å². The first-order valence-electron chi connectivity index (χ1n) is 6.76. The Bertz CT molecular complexity index is 793. The molecule has 1 amide bonds. The second-order valence-electron chi connectivity index (χ2n) is 4.74. The van der Waals surface area contributed by atoms with Crippen LogP contribution in [0, 0.1) is 5.82 Å². The van der Waals surface area contributed by atoms with Crippen molar-refractivity contribution in [1.29, 1.82) is 0 Å². The zero-order chi connectivity index (χ0) is 17.7. The van der Waals surface area contributed by atoms with E-state index in [-0.39, 0.29) is 27.9 Å². The smallest absolute Gasteiger partial charge is 0.340 e. The molecule has 1 aromatic carbocycles. The number of Topliss-reactive ketones (excluding diaryl/α,β-unsaturated/α-hetero) is 1. The summed E-state index contributed by atoms with van der Waals surface area (Å²) in [5, 5.41) is 2.61. The van der Waals surface area contributed by atoms with E-state index in [0.29, 0.717) is 0 Å². The molecule has 0 fully saturated rings. The topological polar surface area (TPSA) is 85.4 Å². The molecule has 0 aliphatic heterocycles. The predicted octanol–water partition coefficient (Wildman–Crippen LogP) is 2.87. The van der Waals surface area contributed by atoms with Crippen LogP contribution in [0.4, 0.5) is 10.1 Å². The van der Waals surface area contributed by atoms with Crippen molar-refractivity contribution < 1.29 is 23.5 Å². The van der Waals surface area contributed by atoms with Gasteiger partial charge < -0.3 is 10.1 Å². The van der Waals surface area contributed by atoms with Crippen molar-refractivity contribution in [2.75, 3.05) is 11.9 Å². The van der Waals surface area contributed by atoms with Crippen molar-refractivity contribution in [3.8, 4) is 0 Å². The third kappa shape index (κ3) is 4.60. The highest BCUT2D eigenvalue weighted by Gasteiger charge is 2.16. The molecule has 0 saturated carbocycles. The molecule has 0 radical (unpaired) electrons. The second-order valence-corrected chi connectivity index (χ2v) is 5.13. The van der Waals surface area contributed by atoms with Gasteiger partial charge in [0, 0.05) is 18.8 Å². The van der Waals surface area contributed by atoms with Gasteiger partial charge in [-0.05, 0) is 30.3 Å². The van der Waals surface area contributed by atoms with Gasteiger partial charge in [0.2, 0.25) is 11.7 Å². The molecule has 1 aromatic heterocycles. The number of hydrogen-bond acceptors (Lipinski definition) is 5. The van der Waals surface area contributed by atoms with Gasteiger partial charge in [0.15, 0.2) is 6.61 Å². The Hall–Kier alpha value is -2.80. The predicted molar refractivity (Wildman–Crippen MR) is 84.6 cm³/mol. The molecule has 0 atom stereocenters. The molecule has 1 heterocycles. The van der Waals surface area contributed by atoms with E-state index in [9.17, 15) is 18.8 Å². The number of hydrogen-bond donors (Lipinski definition) is 1. The second kappa shape index (κ2) is 7.65. The van der Waals surface area contributed by atoms with Crippen molar-refractivity contribution in [2.45, 2.75) is 6.92 Å². The van der Waals surface area contributed by atoms with Crippen molar-refractivity contribution in [3.63, 3.8) is 0 Å². The first-order valence-corrected chi connectivity index (χ1v) is 7.13. The highest BCUT2D eigenvalue weighted by Crippen LogP contribution is 2.15. The molecular formula is C16H12ClFN2O4. The first kappa shape index (κ1) is 17.6. The van der Waals surface area contributed by atoms with Crippen LogP contribution in [-0.2, 0) is 9.53 Å². The van der Waals surface area contributed by atoms with Crippen molar-refractivity contribution in [1.82, 2.24) is 4.98 Å². The van der Waals surface area contributed by atoms with Gasteiger partial charge in [-0.2, -0.15) is 0 Å². The lowest BCUT2D eigenvalue weighted by atomic mass is 10.1. The van der Waals surface area contributed by atoms with Gasteiger partial charge >= 0.3 is 5.97 Å². The highest BCUT2D eigenvalue weighted by atomic mass is 35.5. The molecule has 0 aliphatic rings. The Morgan fingerprint density at radius 1 is 1.25 bits per heavy atom. The lowest BCUT2D eigenvalue weighted by Crippen LogP contribution is -2.16. The fourth-order valence-corrected chi connectivity index (χ4v) is 1.92. The van der Waals surface area contributed by atoms with Crippen LogP contribution >= 0.6 is 11.6 Å². The molecule has 8 heteroatoms. The van der Waals surface area contributed by atoms with E-state index in [1.54, 1.807) is 0 Å². The van der Waals surface area contributed by atoms with Crippen LogP contribution in [0.1, 0.15) is 27.6 Å². The number of carbonyl (C=O) groups is 3. The summed E-state index contributed by atoms with van der Waals surface area (Å²) < 4.78 is 18.7. The van der Waals surface area contributed by atoms with Crippen molar-refractivity contribution in [3.05, 3.63) is 58.6 Å².